The molecule has 0 N–H and O–H groups in total. The molecule has 0 spiro atoms. The van der Waals surface area contributed by atoms with E-state index in [0.717, 1.165) is 6.42 Å². The molecule has 0 unspecified atom stereocenters. The quantitative estimate of drug-likeness (QED) is 0.867. The zero-order valence-electron chi connectivity index (χ0n) is 11.4. The Morgan fingerprint density at radius 1 is 1.05 bits per heavy atom. The maximum Gasteiger partial charge on any atom is 0.243 e. The molecule has 1 heterocycles. The monoisotopic (exact) mass is 321 g/mol. The average Bonchev–Trinajstić information content (AvgIpc) is 2.99. The van der Waals surface area contributed by atoms with Gasteiger partial charge in [-0.2, -0.15) is 4.31 Å². The van der Waals surface area contributed by atoms with Gasteiger partial charge in [-0.05, 0) is 36.1 Å². The molecule has 3 nitrogen and oxygen atoms in total. The molecule has 110 valence electrons. The minimum absolute atomic E-state index is 0.264. The van der Waals surface area contributed by atoms with Crippen LogP contribution < -0.4 is 0 Å². The van der Waals surface area contributed by atoms with Gasteiger partial charge in [0.25, 0.3) is 0 Å². The highest BCUT2D eigenvalue weighted by Crippen LogP contribution is 2.31. The Balaban J connectivity index is 1.83. The van der Waals surface area contributed by atoms with E-state index in [1.165, 1.54) is 11.6 Å². The van der Waals surface area contributed by atoms with Crippen LogP contribution in [0.4, 0.5) is 0 Å². The van der Waals surface area contributed by atoms with Crippen LogP contribution in [-0.4, -0.2) is 25.8 Å². The normalized spacial score (nSPS) is 19.8. The number of rotatable bonds is 3. The van der Waals surface area contributed by atoms with Gasteiger partial charge in [0, 0.05) is 18.1 Å². The van der Waals surface area contributed by atoms with Gasteiger partial charge in [-0.3, -0.25) is 0 Å². The summed E-state index contributed by atoms with van der Waals surface area (Å²) in [6.45, 7) is 1.08. The number of benzene rings is 2. The van der Waals surface area contributed by atoms with Crippen molar-refractivity contribution in [1.82, 2.24) is 4.31 Å². The summed E-state index contributed by atoms with van der Waals surface area (Å²) >= 11 is 5.90. The third-order valence-electron chi connectivity index (χ3n) is 3.86. The highest BCUT2D eigenvalue weighted by Gasteiger charge is 2.33. The van der Waals surface area contributed by atoms with Gasteiger partial charge in [0.05, 0.1) is 4.90 Å². The molecule has 5 heteroatoms. The van der Waals surface area contributed by atoms with Crippen LogP contribution in [0.3, 0.4) is 0 Å². The third kappa shape index (κ3) is 2.98. The van der Waals surface area contributed by atoms with Crippen molar-refractivity contribution < 1.29 is 8.42 Å². The molecule has 1 fully saturated rings. The maximum atomic E-state index is 12.6. The van der Waals surface area contributed by atoms with Crippen molar-refractivity contribution in [3.05, 3.63) is 65.2 Å². The average molecular weight is 322 g/mol. The predicted molar refractivity (Wildman–Crippen MR) is 84.0 cm³/mol. The lowest BCUT2D eigenvalue weighted by Gasteiger charge is -2.17. The standard InChI is InChI=1S/C16H16ClNO2S/c17-15-7-4-8-16(11-15)21(19,20)18-10-9-14(12-18)13-5-2-1-3-6-13/h1-8,11,14H,9-10,12H2/t14-/m1/s1. The Bertz CT molecular complexity index is 731. The Kier molecular flexibility index (Phi) is 4.02. The van der Waals surface area contributed by atoms with Gasteiger partial charge in [0.2, 0.25) is 10.0 Å². The molecule has 1 aliphatic rings. The van der Waals surface area contributed by atoms with Crippen LogP contribution in [0.5, 0.6) is 0 Å². The summed E-state index contributed by atoms with van der Waals surface area (Å²) in [5.74, 6) is 0.264. The third-order valence-corrected chi connectivity index (χ3v) is 5.95. The number of hydrogen-bond acceptors (Lipinski definition) is 2. The van der Waals surface area contributed by atoms with Gasteiger partial charge in [-0.1, -0.05) is 48.0 Å². The summed E-state index contributed by atoms with van der Waals surface area (Å²) in [4.78, 5) is 0.267. The summed E-state index contributed by atoms with van der Waals surface area (Å²) in [7, 11) is -3.45. The summed E-state index contributed by atoms with van der Waals surface area (Å²) in [5, 5.41) is 0.440. The first-order chi connectivity index (χ1) is 10.1. The number of nitrogens with zero attached hydrogens (tertiary/aromatic N) is 1. The molecule has 2 aromatic carbocycles. The topological polar surface area (TPSA) is 37.4 Å². The van der Waals surface area contributed by atoms with E-state index in [9.17, 15) is 8.42 Å². The van der Waals surface area contributed by atoms with E-state index >= 15 is 0 Å². The fourth-order valence-corrected chi connectivity index (χ4v) is 4.52. The van der Waals surface area contributed by atoms with Gasteiger partial charge in [-0.25, -0.2) is 8.42 Å². The second-order valence-corrected chi connectivity index (χ2v) is 7.59. The minimum atomic E-state index is -3.45. The first-order valence-corrected chi connectivity index (χ1v) is 8.70. The summed E-state index contributed by atoms with van der Waals surface area (Å²) in [5.41, 5.74) is 1.20. The van der Waals surface area contributed by atoms with E-state index in [0.29, 0.717) is 18.1 Å². The highest BCUT2D eigenvalue weighted by atomic mass is 35.5. The van der Waals surface area contributed by atoms with Gasteiger partial charge < -0.3 is 0 Å². The Labute approximate surface area is 130 Å². The van der Waals surface area contributed by atoms with Crippen LogP contribution in [0, 0.1) is 0 Å². The molecule has 0 aromatic heterocycles. The molecule has 3 rings (SSSR count). The maximum absolute atomic E-state index is 12.6. The van der Waals surface area contributed by atoms with Crippen LogP contribution in [0.25, 0.3) is 0 Å². The van der Waals surface area contributed by atoms with Crippen LogP contribution >= 0.6 is 11.6 Å². The summed E-state index contributed by atoms with van der Waals surface area (Å²) in [6.07, 6.45) is 0.851. The summed E-state index contributed by atoms with van der Waals surface area (Å²) in [6, 6.07) is 16.5. The molecule has 0 saturated carbocycles. The lowest BCUT2D eigenvalue weighted by molar-refractivity contribution is 0.473. The van der Waals surface area contributed by atoms with Gasteiger partial charge in [-0.15, -0.1) is 0 Å². The van der Waals surface area contributed by atoms with Crippen molar-refractivity contribution >= 4 is 21.6 Å². The zero-order chi connectivity index (χ0) is 14.9. The molecule has 0 aliphatic carbocycles. The SMILES string of the molecule is O=S(=O)(c1cccc(Cl)c1)N1CC[C@@H](c2ccccc2)C1. The second kappa shape index (κ2) is 5.79. The number of halogens is 1. The zero-order valence-corrected chi connectivity index (χ0v) is 13.0. The van der Waals surface area contributed by atoms with Gasteiger partial charge >= 0.3 is 0 Å². The molecular formula is C16H16ClNO2S. The molecule has 21 heavy (non-hydrogen) atoms. The van der Waals surface area contributed by atoms with Crippen molar-refractivity contribution in [2.75, 3.05) is 13.1 Å². The number of sulfonamides is 1. The lowest BCUT2D eigenvalue weighted by Crippen LogP contribution is -2.28. The first kappa shape index (κ1) is 14.6. The van der Waals surface area contributed by atoms with Crippen LogP contribution in [0.15, 0.2) is 59.5 Å². The Hall–Kier alpha value is -1.36. The molecule has 1 aliphatic heterocycles. The molecule has 0 amide bonds. The van der Waals surface area contributed by atoms with Gasteiger partial charge in [0.1, 0.15) is 0 Å². The Morgan fingerprint density at radius 3 is 2.52 bits per heavy atom. The van der Waals surface area contributed by atoms with E-state index in [2.05, 4.69) is 12.1 Å². The van der Waals surface area contributed by atoms with Crippen molar-refractivity contribution in [1.29, 1.82) is 0 Å². The van der Waals surface area contributed by atoms with E-state index in [4.69, 9.17) is 11.6 Å². The van der Waals surface area contributed by atoms with E-state index in [1.54, 1.807) is 22.5 Å². The highest BCUT2D eigenvalue weighted by molar-refractivity contribution is 7.89. The fraction of sp³-hybridized carbons (Fsp3) is 0.250. The molecule has 0 radical (unpaired) electrons. The fourth-order valence-electron chi connectivity index (χ4n) is 2.72. The van der Waals surface area contributed by atoms with Crippen LogP contribution in [-0.2, 0) is 10.0 Å². The van der Waals surface area contributed by atoms with Crippen molar-refractivity contribution in [3.8, 4) is 0 Å². The van der Waals surface area contributed by atoms with E-state index in [1.807, 2.05) is 18.2 Å². The van der Waals surface area contributed by atoms with Crippen LogP contribution in [0.2, 0.25) is 5.02 Å². The number of hydrogen-bond donors (Lipinski definition) is 0. The summed E-state index contributed by atoms with van der Waals surface area (Å²) < 4.78 is 26.8. The van der Waals surface area contributed by atoms with Crippen LogP contribution in [0.1, 0.15) is 17.9 Å². The molecular weight excluding hydrogens is 306 g/mol. The molecule has 1 saturated heterocycles. The van der Waals surface area contributed by atoms with Crippen molar-refractivity contribution in [2.24, 2.45) is 0 Å². The molecule has 0 bridgehead atoms. The van der Waals surface area contributed by atoms with Crippen molar-refractivity contribution in [2.45, 2.75) is 17.2 Å². The largest absolute Gasteiger partial charge is 0.243 e. The van der Waals surface area contributed by atoms with E-state index < -0.39 is 10.0 Å². The lowest BCUT2D eigenvalue weighted by atomic mass is 9.99. The van der Waals surface area contributed by atoms with E-state index in [-0.39, 0.29) is 10.8 Å². The second-order valence-electron chi connectivity index (χ2n) is 5.22. The molecule has 2 aromatic rings. The predicted octanol–water partition coefficient (Wildman–Crippen LogP) is 3.52. The molecule has 1 atom stereocenters. The minimum Gasteiger partial charge on any atom is -0.207 e. The smallest absolute Gasteiger partial charge is 0.207 e. The van der Waals surface area contributed by atoms with Gasteiger partial charge in [0.15, 0.2) is 0 Å². The first-order valence-electron chi connectivity index (χ1n) is 6.88. The van der Waals surface area contributed by atoms with Crippen molar-refractivity contribution in [3.63, 3.8) is 0 Å². The Morgan fingerprint density at radius 2 is 1.81 bits per heavy atom.